The fourth-order valence-electron chi connectivity index (χ4n) is 8.50. The van der Waals surface area contributed by atoms with Crippen LogP contribution in [-0.2, 0) is 79.8 Å². The molecule has 8 rings (SSSR count). The van der Waals surface area contributed by atoms with Gasteiger partial charge in [0.05, 0.1) is 35.8 Å². The van der Waals surface area contributed by atoms with Gasteiger partial charge in [-0.05, 0) is 66.9 Å². The number of oxime groups is 1. The zero-order valence-corrected chi connectivity index (χ0v) is 42.5. The highest BCUT2D eigenvalue weighted by Gasteiger charge is 2.58. The number of thiazole rings is 1. The number of nitrogens with one attached hydrogen (secondary N) is 1. The van der Waals surface area contributed by atoms with Crippen molar-refractivity contribution in [2.75, 3.05) is 31.4 Å². The third-order valence-corrected chi connectivity index (χ3v) is 14.6. The summed E-state index contributed by atoms with van der Waals surface area (Å²) in [6.45, 7) is 1.85. The van der Waals surface area contributed by atoms with Crippen LogP contribution in [0.25, 0.3) is 0 Å². The normalized spacial score (nSPS) is 17.2. The van der Waals surface area contributed by atoms with Gasteiger partial charge < -0.3 is 48.0 Å². The summed E-state index contributed by atoms with van der Waals surface area (Å²) in [5.41, 5.74) is 1.90. The Morgan fingerprint density at radius 2 is 1.71 bits per heavy atom. The van der Waals surface area contributed by atoms with E-state index < -0.39 is 75.8 Å². The molecule has 5 heterocycles. The van der Waals surface area contributed by atoms with Crippen LogP contribution in [0.5, 0.6) is 23.0 Å². The van der Waals surface area contributed by atoms with Crippen LogP contribution in [0.2, 0.25) is 6.32 Å². The number of fused-ring (bicyclic) bond motifs is 2. The number of methoxy groups -OCH3 is 2. The van der Waals surface area contributed by atoms with Crippen molar-refractivity contribution in [3.05, 3.63) is 135 Å². The predicted octanol–water partition coefficient (Wildman–Crippen LogP) is 2.57. The van der Waals surface area contributed by atoms with E-state index in [1.165, 1.54) is 16.3 Å². The molecule has 0 saturated carbocycles. The summed E-state index contributed by atoms with van der Waals surface area (Å²) in [6.07, 6.45) is 0.621. The van der Waals surface area contributed by atoms with Gasteiger partial charge in [-0.25, -0.2) is 19.0 Å². The number of carbonyl (C=O) groups excluding carboxylic acids is 6. The molecule has 0 spiro atoms. The molecule has 5 aromatic rings. The standard InChI is InChI=1S/C49H43B3FN6O15S2/c1-27-54-35(24-75-27)40(56-74-39(48(64)72-50)20-52-71-26-60)44(61)55-41-46(63)59-42(49(65)73-51)31(25-76(66)47(41)59)21-57-16-4-7-37-36(57)6-5-17-58(37)45(62)30-18-34(53)43(70-23-29-10-14-33(68-3)15-11-29)38(19-30)69-22-28-8-12-32(67-2)13-9-28/h4,7-16,18-19,24,26,39,41,47H,5-6,17,20-23,25H2,1-3H3/p+1/b56-40-/t39-,41+,47+,76?/m0/s1. The van der Waals surface area contributed by atoms with E-state index in [-0.39, 0.29) is 72.6 Å². The van der Waals surface area contributed by atoms with Crippen molar-refractivity contribution in [2.24, 2.45) is 5.16 Å². The molecule has 3 aromatic carbocycles. The van der Waals surface area contributed by atoms with Gasteiger partial charge in [-0.3, -0.25) is 28.3 Å². The lowest BCUT2D eigenvalue weighted by molar-refractivity contribution is -0.696. The summed E-state index contributed by atoms with van der Waals surface area (Å²) in [7, 11) is 12.5. The van der Waals surface area contributed by atoms with E-state index in [1.807, 2.05) is 0 Å². The highest BCUT2D eigenvalue weighted by molar-refractivity contribution is 7.86. The average Bonchev–Trinajstić information content (AvgIpc) is 3.92. The molecule has 76 heavy (non-hydrogen) atoms. The summed E-state index contributed by atoms with van der Waals surface area (Å²) in [5, 5.41) is 7.00. The number of ether oxygens (including phenoxy) is 4. The summed E-state index contributed by atoms with van der Waals surface area (Å²) in [6, 6.07) is 18.6. The van der Waals surface area contributed by atoms with Crippen molar-refractivity contribution >= 4 is 93.2 Å². The molecule has 5 radical (unpaired) electrons. The Labute approximate surface area is 443 Å². The van der Waals surface area contributed by atoms with E-state index in [9.17, 15) is 33.0 Å². The summed E-state index contributed by atoms with van der Waals surface area (Å²) >= 11 is 1.14. The maximum Gasteiger partial charge on any atom is 0.378 e. The smallest absolute Gasteiger partial charge is 0.378 e. The van der Waals surface area contributed by atoms with Crippen molar-refractivity contribution in [3.63, 3.8) is 0 Å². The minimum atomic E-state index is -1.96. The highest BCUT2D eigenvalue weighted by atomic mass is 32.2. The molecular formula is C49H44B3FN6O15S2+. The van der Waals surface area contributed by atoms with E-state index in [0.717, 1.165) is 40.9 Å². The van der Waals surface area contributed by atoms with Crippen LogP contribution in [0, 0.1) is 12.7 Å². The molecule has 0 aliphatic carbocycles. The van der Waals surface area contributed by atoms with Gasteiger partial charge in [0.2, 0.25) is 11.8 Å². The Balaban J connectivity index is 1.04. The van der Waals surface area contributed by atoms with Gasteiger partial charge in [0.25, 0.3) is 24.2 Å². The van der Waals surface area contributed by atoms with Crippen LogP contribution < -0.4 is 33.7 Å². The number of anilines is 1. The van der Waals surface area contributed by atoms with Crippen LogP contribution in [-0.4, -0.2) is 124 Å². The number of aromatic nitrogens is 2. The van der Waals surface area contributed by atoms with Crippen molar-refractivity contribution in [1.82, 2.24) is 15.2 Å². The number of benzene rings is 3. The van der Waals surface area contributed by atoms with Crippen LogP contribution in [0.4, 0.5) is 10.1 Å². The molecule has 4 atom stereocenters. The Bertz CT molecular complexity index is 3130. The van der Waals surface area contributed by atoms with E-state index in [2.05, 4.69) is 29.4 Å². The molecule has 3 aliphatic rings. The molecule has 387 valence electrons. The maximum absolute atomic E-state index is 16.3. The Kier molecular flexibility index (Phi) is 17.5. The highest BCUT2D eigenvalue weighted by Crippen LogP contribution is 2.38. The van der Waals surface area contributed by atoms with E-state index in [4.69, 9.17) is 39.9 Å². The zero-order valence-electron chi connectivity index (χ0n) is 40.8. The third kappa shape index (κ3) is 11.9. The topological polar surface area (TPSA) is 241 Å². The molecule has 2 aromatic heterocycles. The number of pyridine rings is 1. The van der Waals surface area contributed by atoms with E-state index in [1.54, 1.807) is 92.6 Å². The number of amides is 3. The van der Waals surface area contributed by atoms with Crippen molar-refractivity contribution in [1.29, 1.82) is 0 Å². The quantitative estimate of drug-likeness (QED) is 0.0199. The van der Waals surface area contributed by atoms with E-state index in [0.29, 0.717) is 40.7 Å². The monoisotopic (exact) mass is 1070 g/mol. The first-order valence-electron chi connectivity index (χ1n) is 23.1. The maximum atomic E-state index is 16.3. The van der Waals surface area contributed by atoms with Gasteiger partial charge in [-0.2, -0.15) is 4.57 Å². The zero-order chi connectivity index (χ0) is 54.0. The predicted molar refractivity (Wildman–Crippen MR) is 270 cm³/mol. The fraction of sp³-hybridized carbons (Fsp3) is 0.286. The third-order valence-electron chi connectivity index (χ3n) is 12.2. The van der Waals surface area contributed by atoms with Gasteiger partial charge in [0, 0.05) is 41.9 Å². The largest absolute Gasteiger partial charge is 0.541 e. The molecule has 0 bridgehead atoms. The lowest BCUT2D eigenvalue weighted by Crippen LogP contribution is -2.74. The molecular weight excluding hydrogens is 1030 g/mol. The van der Waals surface area contributed by atoms with Gasteiger partial charge in [-0.15, -0.1) is 11.3 Å². The van der Waals surface area contributed by atoms with Crippen molar-refractivity contribution < 1.29 is 79.7 Å². The van der Waals surface area contributed by atoms with Crippen molar-refractivity contribution in [3.8, 4) is 23.0 Å². The molecule has 3 aliphatic heterocycles. The number of carbonyl (C=O) groups is 6. The first kappa shape index (κ1) is 54.2. The van der Waals surface area contributed by atoms with Crippen LogP contribution >= 0.6 is 11.3 Å². The summed E-state index contributed by atoms with van der Waals surface area (Å²) < 4.78 is 68.2. The van der Waals surface area contributed by atoms with Gasteiger partial charge in [-0.1, -0.05) is 29.4 Å². The van der Waals surface area contributed by atoms with Crippen molar-refractivity contribution in [2.45, 2.75) is 63.4 Å². The second-order valence-electron chi connectivity index (χ2n) is 16.9. The molecule has 1 saturated heterocycles. The van der Waals surface area contributed by atoms with Gasteiger partial charge in [0.1, 0.15) is 53.2 Å². The first-order chi connectivity index (χ1) is 36.8. The summed E-state index contributed by atoms with van der Waals surface area (Å²) in [5.74, 6) is -4.76. The number of aryl methyl sites for hydroxylation is 1. The minimum Gasteiger partial charge on any atom is -0.541 e. The minimum absolute atomic E-state index is 0.00251. The number of nitrogens with zero attached hydrogens (tertiary/aromatic N) is 5. The molecule has 27 heteroatoms. The van der Waals surface area contributed by atoms with Gasteiger partial charge >= 0.3 is 35.5 Å². The summed E-state index contributed by atoms with van der Waals surface area (Å²) in [4.78, 5) is 90.8. The molecule has 21 nitrogen and oxygen atoms in total. The number of rotatable bonds is 22. The number of hydrogen-bond donors (Lipinski definition) is 1. The number of halogens is 1. The van der Waals surface area contributed by atoms with E-state index >= 15 is 4.39 Å². The second kappa shape index (κ2) is 24.5. The molecule has 1 fully saturated rings. The second-order valence-corrected chi connectivity index (χ2v) is 19.5. The lowest BCUT2D eigenvalue weighted by Gasteiger charge is -2.49. The van der Waals surface area contributed by atoms with Crippen LogP contribution in [0.3, 0.4) is 0 Å². The fourth-order valence-corrected chi connectivity index (χ4v) is 10.8. The molecule has 3 amide bonds. The first-order valence-corrected chi connectivity index (χ1v) is 25.3. The Morgan fingerprint density at radius 1 is 1.01 bits per heavy atom. The average molecular weight is 1070 g/mol. The van der Waals surface area contributed by atoms with Crippen LogP contribution in [0.15, 0.2) is 101 Å². The van der Waals surface area contributed by atoms with Gasteiger partial charge in [0.15, 0.2) is 35.8 Å². The van der Waals surface area contributed by atoms with Crippen LogP contribution in [0.1, 0.15) is 44.3 Å². The Hall–Kier alpha value is -8.06. The molecule has 1 unspecified atom stereocenters. The molecule has 1 N–H and O–H groups in total. The Morgan fingerprint density at radius 3 is 2.34 bits per heavy atom. The lowest BCUT2D eigenvalue weighted by atomic mass is 9.91. The SMILES string of the molecule is [B]OC(=O)C1=C(C[n+]2cccc3c2CCCN3C(=O)c2cc(F)c(OCc3ccc(OC)cc3)c(OCc3ccc(OC)cc3)c2)CS(=O)[C@@H]2[C@H](NC(=O)/C(=N\O[C@@H](C[B]OC=O)C(=O)O[B])c3csc(C)n3)C(=O)N12. The number of hydrogen-bond acceptors (Lipinski definition) is 18. The number of β-lactam (4-membered cyclic amide) rings is 1.